The van der Waals surface area contributed by atoms with Crippen LogP contribution in [-0.2, 0) is 15.9 Å². The quantitative estimate of drug-likeness (QED) is 0.899. The zero-order valence-electron chi connectivity index (χ0n) is 14.0. The molecule has 0 spiro atoms. The summed E-state index contributed by atoms with van der Waals surface area (Å²) in [5.74, 6) is 0.540. The van der Waals surface area contributed by atoms with E-state index in [1.165, 1.54) is 0 Å². The molecule has 2 aliphatic rings. The van der Waals surface area contributed by atoms with Crippen LogP contribution >= 0.6 is 0 Å². The van der Waals surface area contributed by atoms with E-state index < -0.39 is 23.3 Å². The lowest BCUT2D eigenvalue weighted by Crippen LogP contribution is -2.57. The van der Waals surface area contributed by atoms with Gasteiger partial charge in [0.1, 0.15) is 16.9 Å². The van der Waals surface area contributed by atoms with Gasteiger partial charge in [0.2, 0.25) is 0 Å². The Morgan fingerprint density at radius 2 is 2.25 bits per heavy atom. The number of carbonyl (C=O) groups excluding carboxylic acids is 2. The van der Waals surface area contributed by atoms with Gasteiger partial charge in [0.15, 0.2) is 0 Å². The van der Waals surface area contributed by atoms with Gasteiger partial charge in [-0.05, 0) is 39.0 Å². The van der Waals surface area contributed by atoms with Crippen LogP contribution in [0.25, 0.3) is 0 Å². The molecule has 24 heavy (non-hydrogen) atoms. The Labute approximate surface area is 140 Å². The first-order valence-electron chi connectivity index (χ1n) is 7.86. The van der Waals surface area contributed by atoms with Crippen molar-refractivity contribution in [3.63, 3.8) is 0 Å². The van der Waals surface area contributed by atoms with Crippen molar-refractivity contribution in [2.24, 2.45) is 0 Å². The summed E-state index contributed by atoms with van der Waals surface area (Å²) in [5, 5.41) is 2.85. The Hall–Kier alpha value is -2.57. The highest BCUT2D eigenvalue weighted by Gasteiger charge is 2.49. The van der Waals surface area contributed by atoms with Gasteiger partial charge >= 0.3 is 12.2 Å². The van der Waals surface area contributed by atoms with E-state index in [-0.39, 0.29) is 6.54 Å². The van der Waals surface area contributed by atoms with Crippen LogP contribution in [0, 0.1) is 0 Å². The predicted octanol–water partition coefficient (Wildman–Crippen LogP) is 2.24. The topological polar surface area (TPSA) is 80.8 Å². The smallest absolute Gasteiger partial charge is 0.413 e. The molecule has 1 atom stereocenters. The summed E-state index contributed by atoms with van der Waals surface area (Å²) in [6, 6.07) is 5.59. The lowest BCUT2D eigenvalue weighted by Gasteiger charge is -2.37. The van der Waals surface area contributed by atoms with Crippen molar-refractivity contribution < 1.29 is 19.1 Å². The summed E-state index contributed by atoms with van der Waals surface area (Å²) in [6.07, 6.45) is 2.95. The number of aromatic nitrogens is 1. The van der Waals surface area contributed by atoms with Crippen molar-refractivity contribution in [1.82, 2.24) is 15.2 Å². The highest BCUT2D eigenvalue weighted by molar-refractivity contribution is 5.76. The molecule has 1 saturated heterocycles. The molecule has 1 N–H and O–H groups in total. The van der Waals surface area contributed by atoms with E-state index in [4.69, 9.17) is 9.47 Å². The molecule has 1 fully saturated rings. The highest BCUT2D eigenvalue weighted by Crippen LogP contribution is 2.33. The van der Waals surface area contributed by atoms with Crippen LogP contribution in [0.2, 0.25) is 0 Å². The van der Waals surface area contributed by atoms with E-state index in [1.807, 2.05) is 39.0 Å². The van der Waals surface area contributed by atoms with Gasteiger partial charge in [0.25, 0.3) is 0 Å². The molecule has 7 heteroatoms. The molecule has 128 valence electrons. The predicted molar refractivity (Wildman–Crippen MR) is 86.2 cm³/mol. The summed E-state index contributed by atoms with van der Waals surface area (Å²) in [7, 11) is 0. The molecule has 3 heterocycles. The Kier molecular flexibility index (Phi) is 3.95. The molecule has 1 aromatic rings. The first kappa shape index (κ1) is 16.3. The minimum atomic E-state index is -0.805. The van der Waals surface area contributed by atoms with E-state index in [0.29, 0.717) is 18.7 Å². The van der Waals surface area contributed by atoms with Gasteiger partial charge in [0.05, 0.1) is 6.54 Å². The molecule has 3 rings (SSSR count). The van der Waals surface area contributed by atoms with Crippen molar-refractivity contribution >= 4 is 12.2 Å². The molecule has 0 aliphatic carbocycles. The Morgan fingerprint density at radius 3 is 2.92 bits per heavy atom. The van der Waals surface area contributed by atoms with Gasteiger partial charge in [-0.1, -0.05) is 6.07 Å². The van der Waals surface area contributed by atoms with Crippen LogP contribution in [0.3, 0.4) is 0 Å². The maximum Gasteiger partial charge on any atom is 0.413 e. The number of alkyl carbamates (subject to hydrolysis) is 1. The zero-order valence-corrected chi connectivity index (χ0v) is 14.0. The standard InChI is InChI=1S/C17H21N3O4/c1-16(2,3)24-15(22)20-9-7-13-17(11-20,19-14(21)23-13)10-12-6-4-5-8-18-12/h4-8H,9-11H2,1-3H3,(H,19,21). The Morgan fingerprint density at radius 1 is 1.46 bits per heavy atom. The van der Waals surface area contributed by atoms with E-state index in [9.17, 15) is 9.59 Å². The molecular weight excluding hydrogens is 310 g/mol. The molecule has 2 aliphatic heterocycles. The number of carbonyl (C=O) groups is 2. The van der Waals surface area contributed by atoms with Crippen molar-refractivity contribution in [3.05, 3.63) is 41.9 Å². The van der Waals surface area contributed by atoms with Gasteiger partial charge < -0.3 is 19.7 Å². The minimum absolute atomic E-state index is 0.274. The highest BCUT2D eigenvalue weighted by atomic mass is 16.6. The van der Waals surface area contributed by atoms with Crippen LogP contribution in [0.15, 0.2) is 36.2 Å². The summed E-state index contributed by atoms with van der Waals surface area (Å²) in [4.78, 5) is 30.0. The monoisotopic (exact) mass is 331 g/mol. The number of hydrogen-bond donors (Lipinski definition) is 1. The van der Waals surface area contributed by atoms with Gasteiger partial charge in [-0.2, -0.15) is 0 Å². The number of pyridine rings is 1. The fourth-order valence-electron chi connectivity index (χ4n) is 2.88. The van der Waals surface area contributed by atoms with Crippen molar-refractivity contribution in [3.8, 4) is 0 Å². The number of nitrogens with one attached hydrogen (secondary N) is 1. The summed E-state index contributed by atoms with van der Waals surface area (Å²) >= 11 is 0. The number of nitrogens with zero attached hydrogens (tertiary/aromatic N) is 2. The largest absolute Gasteiger partial charge is 0.444 e. The summed E-state index contributed by atoms with van der Waals surface area (Å²) in [6.45, 7) is 6.07. The lowest BCUT2D eigenvalue weighted by atomic mass is 9.88. The van der Waals surface area contributed by atoms with Crippen LogP contribution in [0.5, 0.6) is 0 Å². The van der Waals surface area contributed by atoms with Crippen molar-refractivity contribution in [2.75, 3.05) is 13.1 Å². The van der Waals surface area contributed by atoms with Crippen LogP contribution in [0.4, 0.5) is 9.59 Å². The second kappa shape index (κ2) is 5.81. The summed E-state index contributed by atoms with van der Waals surface area (Å²) < 4.78 is 10.7. The number of ether oxygens (including phenoxy) is 2. The number of hydrogen-bond acceptors (Lipinski definition) is 5. The van der Waals surface area contributed by atoms with E-state index in [2.05, 4.69) is 10.3 Å². The van der Waals surface area contributed by atoms with Crippen LogP contribution in [-0.4, -0.2) is 46.3 Å². The van der Waals surface area contributed by atoms with Gasteiger partial charge in [0, 0.05) is 24.9 Å². The normalized spacial score (nSPS) is 23.0. The Bertz CT molecular complexity index is 681. The first-order chi connectivity index (χ1) is 11.3. The molecule has 1 aromatic heterocycles. The van der Waals surface area contributed by atoms with Crippen LogP contribution in [0.1, 0.15) is 26.5 Å². The molecule has 1 unspecified atom stereocenters. The van der Waals surface area contributed by atoms with E-state index >= 15 is 0 Å². The third-order valence-corrected chi connectivity index (χ3v) is 3.83. The van der Waals surface area contributed by atoms with E-state index in [0.717, 1.165) is 5.69 Å². The van der Waals surface area contributed by atoms with Crippen molar-refractivity contribution in [1.29, 1.82) is 0 Å². The molecular formula is C17H21N3O4. The number of amides is 2. The van der Waals surface area contributed by atoms with Gasteiger partial charge in [-0.15, -0.1) is 0 Å². The van der Waals surface area contributed by atoms with Crippen LogP contribution < -0.4 is 5.32 Å². The molecule has 2 amide bonds. The summed E-state index contributed by atoms with van der Waals surface area (Å²) in [5.41, 5.74) is -0.578. The Balaban J connectivity index is 1.84. The molecule has 0 bridgehead atoms. The molecule has 0 radical (unpaired) electrons. The van der Waals surface area contributed by atoms with Crippen molar-refractivity contribution in [2.45, 2.75) is 38.3 Å². The first-order valence-corrected chi connectivity index (χ1v) is 7.86. The maximum atomic E-state index is 12.4. The second-order valence-corrected chi connectivity index (χ2v) is 7.02. The lowest BCUT2D eigenvalue weighted by molar-refractivity contribution is 0.0213. The van der Waals surface area contributed by atoms with Gasteiger partial charge in [-0.3, -0.25) is 4.98 Å². The SMILES string of the molecule is CC(C)(C)OC(=O)N1CC=C2OC(=O)NC2(Cc2ccccn2)C1. The van der Waals surface area contributed by atoms with E-state index in [1.54, 1.807) is 17.2 Å². The number of rotatable bonds is 2. The average Bonchev–Trinajstić information content (AvgIpc) is 2.81. The third-order valence-electron chi connectivity index (χ3n) is 3.83. The zero-order chi connectivity index (χ0) is 17.4. The number of fused-ring (bicyclic) bond motifs is 1. The molecule has 7 nitrogen and oxygen atoms in total. The average molecular weight is 331 g/mol. The van der Waals surface area contributed by atoms with Gasteiger partial charge in [-0.25, -0.2) is 9.59 Å². The molecule has 0 aromatic carbocycles. The fraction of sp³-hybridized carbons (Fsp3) is 0.471. The minimum Gasteiger partial charge on any atom is -0.444 e. The second-order valence-electron chi connectivity index (χ2n) is 7.02. The molecule has 0 saturated carbocycles. The maximum absolute atomic E-state index is 12.4. The fourth-order valence-corrected chi connectivity index (χ4v) is 2.88. The third kappa shape index (κ3) is 3.34.